The van der Waals surface area contributed by atoms with E-state index in [4.69, 9.17) is 5.73 Å². The summed E-state index contributed by atoms with van der Waals surface area (Å²) in [6.45, 7) is 4.94. The van der Waals surface area contributed by atoms with E-state index in [0.717, 1.165) is 38.6 Å². The fraction of sp³-hybridized carbons (Fsp3) is 0.917. The molecule has 1 saturated carbocycles. The lowest BCUT2D eigenvalue weighted by atomic mass is 9.77. The van der Waals surface area contributed by atoms with Gasteiger partial charge in [0.25, 0.3) is 0 Å². The molecule has 1 aliphatic carbocycles. The van der Waals surface area contributed by atoms with E-state index < -0.39 is 0 Å². The highest BCUT2D eigenvalue weighted by atomic mass is 16.1. The van der Waals surface area contributed by atoms with Crippen LogP contribution < -0.4 is 5.73 Å². The second kappa shape index (κ2) is 5.50. The number of carbonyl (C=O) groups is 1. The largest absolute Gasteiger partial charge is 0.330 e. The molecule has 2 N–H and O–H groups in total. The summed E-state index contributed by atoms with van der Waals surface area (Å²) in [7, 11) is 0. The summed E-state index contributed by atoms with van der Waals surface area (Å²) in [5.74, 6) is 1.76. The Balaban J connectivity index is 2.37. The normalized spacial score (nSPS) is 29.9. The molecule has 0 aliphatic heterocycles. The maximum Gasteiger partial charge on any atom is 0.138 e. The molecule has 0 aromatic heterocycles. The molecule has 0 heterocycles. The molecular weight excluding hydrogens is 174 g/mol. The molecule has 1 unspecified atom stereocenters. The van der Waals surface area contributed by atoms with Crippen LogP contribution in [0.5, 0.6) is 0 Å². The molecule has 2 heteroatoms. The van der Waals surface area contributed by atoms with Crippen molar-refractivity contribution in [1.82, 2.24) is 0 Å². The number of hydrogen-bond acceptors (Lipinski definition) is 2. The first kappa shape index (κ1) is 11.7. The molecule has 0 aromatic rings. The predicted octanol–water partition coefficient (Wildman–Crippen LogP) is 2.37. The molecule has 0 spiro atoms. The highest BCUT2D eigenvalue weighted by Gasteiger charge is 2.27. The van der Waals surface area contributed by atoms with E-state index >= 15 is 0 Å². The van der Waals surface area contributed by atoms with E-state index in [9.17, 15) is 4.79 Å². The Morgan fingerprint density at radius 3 is 2.36 bits per heavy atom. The zero-order valence-corrected chi connectivity index (χ0v) is 9.46. The average molecular weight is 197 g/mol. The molecule has 0 amide bonds. The smallest absolute Gasteiger partial charge is 0.138 e. The lowest BCUT2D eigenvalue weighted by molar-refractivity contribution is -0.127. The van der Waals surface area contributed by atoms with E-state index in [-0.39, 0.29) is 5.92 Å². The van der Waals surface area contributed by atoms with Gasteiger partial charge in [-0.15, -0.1) is 0 Å². The van der Waals surface area contributed by atoms with Crippen molar-refractivity contribution in [2.75, 3.05) is 6.54 Å². The minimum atomic E-state index is 0.259. The standard InChI is InChI=1S/C12H23NO/c1-3-9(2)12(14)11-6-4-10(8-13)5-7-11/h9-11H,3-8,13H2,1-2H3. The highest BCUT2D eigenvalue weighted by Crippen LogP contribution is 2.30. The average Bonchev–Trinajstić information content (AvgIpc) is 2.27. The zero-order chi connectivity index (χ0) is 10.6. The first-order valence-electron chi connectivity index (χ1n) is 5.92. The third-order valence-electron chi connectivity index (χ3n) is 3.68. The van der Waals surface area contributed by atoms with Crippen LogP contribution in [0.3, 0.4) is 0 Å². The van der Waals surface area contributed by atoms with Crippen molar-refractivity contribution in [2.24, 2.45) is 23.5 Å². The van der Waals surface area contributed by atoms with Crippen molar-refractivity contribution in [1.29, 1.82) is 0 Å². The summed E-state index contributed by atoms with van der Waals surface area (Å²) in [5, 5.41) is 0. The fourth-order valence-corrected chi connectivity index (χ4v) is 2.29. The molecule has 0 aromatic carbocycles. The van der Waals surface area contributed by atoms with Crippen LogP contribution in [0.4, 0.5) is 0 Å². The molecule has 1 atom stereocenters. The lowest BCUT2D eigenvalue weighted by Gasteiger charge is -2.28. The lowest BCUT2D eigenvalue weighted by Crippen LogP contribution is -2.28. The number of carbonyl (C=O) groups excluding carboxylic acids is 1. The van der Waals surface area contributed by atoms with Crippen LogP contribution in [0.25, 0.3) is 0 Å². The molecule has 0 radical (unpaired) electrons. The van der Waals surface area contributed by atoms with E-state index in [2.05, 4.69) is 13.8 Å². The maximum atomic E-state index is 11.9. The third-order valence-corrected chi connectivity index (χ3v) is 3.68. The number of Topliss-reactive ketones (excluding diaryl/α,β-unsaturated/α-hetero) is 1. The van der Waals surface area contributed by atoms with Crippen LogP contribution in [-0.4, -0.2) is 12.3 Å². The van der Waals surface area contributed by atoms with E-state index in [0.29, 0.717) is 17.6 Å². The van der Waals surface area contributed by atoms with Gasteiger partial charge in [0.15, 0.2) is 0 Å². The summed E-state index contributed by atoms with van der Waals surface area (Å²) < 4.78 is 0. The molecule has 2 nitrogen and oxygen atoms in total. The summed E-state index contributed by atoms with van der Waals surface area (Å²) in [5.41, 5.74) is 5.63. The SMILES string of the molecule is CCC(C)C(=O)C1CCC(CN)CC1. The van der Waals surface area contributed by atoms with Crippen molar-refractivity contribution in [3.8, 4) is 0 Å². The highest BCUT2D eigenvalue weighted by molar-refractivity contribution is 5.83. The summed E-state index contributed by atoms with van der Waals surface area (Å²) >= 11 is 0. The van der Waals surface area contributed by atoms with Gasteiger partial charge in [0.05, 0.1) is 0 Å². The molecule has 0 saturated heterocycles. The molecule has 1 rings (SSSR count). The van der Waals surface area contributed by atoms with Crippen molar-refractivity contribution < 1.29 is 4.79 Å². The topological polar surface area (TPSA) is 43.1 Å². The van der Waals surface area contributed by atoms with E-state index in [1.165, 1.54) is 0 Å². The van der Waals surface area contributed by atoms with Gasteiger partial charge in [-0.05, 0) is 44.6 Å². The van der Waals surface area contributed by atoms with Crippen molar-refractivity contribution in [3.63, 3.8) is 0 Å². The van der Waals surface area contributed by atoms with Crippen LogP contribution >= 0.6 is 0 Å². The Kier molecular flexibility index (Phi) is 4.59. The van der Waals surface area contributed by atoms with Gasteiger partial charge in [-0.3, -0.25) is 4.79 Å². The fourth-order valence-electron chi connectivity index (χ4n) is 2.29. The summed E-state index contributed by atoms with van der Waals surface area (Å²) in [6.07, 6.45) is 5.44. The van der Waals surface area contributed by atoms with Gasteiger partial charge in [0.2, 0.25) is 0 Å². The summed E-state index contributed by atoms with van der Waals surface area (Å²) in [6, 6.07) is 0. The summed E-state index contributed by atoms with van der Waals surface area (Å²) in [4.78, 5) is 11.9. The number of hydrogen-bond donors (Lipinski definition) is 1. The maximum absolute atomic E-state index is 11.9. The van der Waals surface area contributed by atoms with Crippen molar-refractivity contribution >= 4 is 5.78 Å². The van der Waals surface area contributed by atoms with Gasteiger partial charge in [-0.25, -0.2) is 0 Å². The Morgan fingerprint density at radius 2 is 1.93 bits per heavy atom. The van der Waals surface area contributed by atoms with Crippen LogP contribution in [0.2, 0.25) is 0 Å². The van der Waals surface area contributed by atoms with Crippen molar-refractivity contribution in [2.45, 2.75) is 46.0 Å². The van der Waals surface area contributed by atoms with Gasteiger partial charge >= 0.3 is 0 Å². The first-order chi connectivity index (χ1) is 6.69. The van der Waals surface area contributed by atoms with Gasteiger partial charge in [0.1, 0.15) is 5.78 Å². The quantitative estimate of drug-likeness (QED) is 0.752. The Hall–Kier alpha value is -0.370. The monoisotopic (exact) mass is 197 g/mol. The molecule has 1 aliphatic rings. The van der Waals surface area contributed by atoms with Crippen LogP contribution in [-0.2, 0) is 4.79 Å². The number of nitrogens with two attached hydrogens (primary N) is 1. The van der Waals surface area contributed by atoms with E-state index in [1.54, 1.807) is 0 Å². The van der Waals surface area contributed by atoms with Gasteiger partial charge in [-0.1, -0.05) is 13.8 Å². The molecule has 82 valence electrons. The molecular formula is C12H23NO. The number of ketones is 1. The molecule has 1 fully saturated rings. The van der Waals surface area contributed by atoms with Gasteiger partial charge in [-0.2, -0.15) is 0 Å². The Morgan fingerprint density at radius 1 is 1.36 bits per heavy atom. The Labute approximate surface area is 87.2 Å². The van der Waals surface area contributed by atoms with Gasteiger partial charge < -0.3 is 5.73 Å². The molecule has 14 heavy (non-hydrogen) atoms. The second-order valence-electron chi connectivity index (χ2n) is 4.67. The Bertz CT molecular complexity index is 183. The van der Waals surface area contributed by atoms with Crippen LogP contribution in [0.1, 0.15) is 46.0 Å². The third kappa shape index (κ3) is 2.81. The van der Waals surface area contributed by atoms with Crippen LogP contribution in [0.15, 0.2) is 0 Å². The van der Waals surface area contributed by atoms with Crippen molar-refractivity contribution in [3.05, 3.63) is 0 Å². The van der Waals surface area contributed by atoms with E-state index in [1.807, 2.05) is 0 Å². The molecule has 0 bridgehead atoms. The second-order valence-corrected chi connectivity index (χ2v) is 4.67. The zero-order valence-electron chi connectivity index (χ0n) is 9.46. The number of rotatable bonds is 4. The minimum Gasteiger partial charge on any atom is -0.330 e. The minimum absolute atomic E-state index is 0.259. The van der Waals surface area contributed by atoms with Gasteiger partial charge in [0, 0.05) is 11.8 Å². The van der Waals surface area contributed by atoms with Crippen LogP contribution in [0, 0.1) is 17.8 Å². The first-order valence-corrected chi connectivity index (χ1v) is 5.92. The predicted molar refractivity (Wildman–Crippen MR) is 59.0 cm³/mol.